The molecule has 0 aliphatic rings. The average molecular weight is 492 g/mol. The monoisotopic (exact) mass is 491 g/mol. The maximum absolute atomic E-state index is 13.3. The predicted octanol–water partition coefficient (Wildman–Crippen LogP) is 2.73. The van der Waals surface area contributed by atoms with Crippen molar-refractivity contribution in [1.29, 1.82) is 0 Å². The van der Waals surface area contributed by atoms with Crippen LogP contribution < -0.4 is 26.0 Å². The molecule has 4 rings (SSSR count). The van der Waals surface area contributed by atoms with Gasteiger partial charge in [-0.2, -0.15) is 0 Å². The van der Waals surface area contributed by atoms with E-state index in [1.807, 2.05) is 12.1 Å². The van der Waals surface area contributed by atoms with Gasteiger partial charge < -0.3 is 14.8 Å². The predicted molar refractivity (Wildman–Crippen MR) is 134 cm³/mol. The number of carbonyl (C=O) groups excluding carboxylic acids is 1. The van der Waals surface area contributed by atoms with E-state index >= 15 is 0 Å². The van der Waals surface area contributed by atoms with Crippen LogP contribution >= 0.6 is 0 Å². The molecule has 0 saturated heterocycles. The summed E-state index contributed by atoms with van der Waals surface area (Å²) in [6.07, 6.45) is 0.547. The van der Waals surface area contributed by atoms with Crippen LogP contribution in [0.2, 0.25) is 0 Å². The van der Waals surface area contributed by atoms with E-state index in [0.29, 0.717) is 40.9 Å². The summed E-state index contributed by atoms with van der Waals surface area (Å²) in [5.74, 6) is 0.441. The molecule has 1 N–H and O–H groups in total. The molecular formula is C27H26FN3O5. The first-order chi connectivity index (χ1) is 17.4. The van der Waals surface area contributed by atoms with Gasteiger partial charge in [-0.25, -0.2) is 9.18 Å². The van der Waals surface area contributed by atoms with Crippen molar-refractivity contribution in [1.82, 2.24) is 14.5 Å². The lowest BCUT2D eigenvalue weighted by atomic mass is 10.1. The summed E-state index contributed by atoms with van der Waals surface area (Å²) in [4.78, 5) is 39.1. The van der Waals surface area contributed by atoms with Gasteiger partial charge in [-0.05, 0) is 53.9 Å². The Balaban J connectivity index is 1.54. The van der Waals surface area contributed by atoms with E-state index in [1.54, 1.807) is 44.6 Å². The van der Waals surface area contributed by atoms with Crippen molar-refractivity contribution < 1.29 is 18.7 Å². The molecule has 0 fully saturated rings. The summed E-state index contributed by atoms with van der Waals surface area (Å²) < 4.78 is 26.2. The van der Waals surface area contributed by atoms with Gasteiger partial charge in [0.15, 0.2) is 11.5 Å². The van der Waals surface area contributed by atoms with Gasteiger partial charge >= 0.3 is 5.69 Å². The van der Waals surface area contributed by atoms with Crippen LogP contribution in [0.1, 0.15) is 11.1 Å². The van der Waals surface area contributed by atoms with Gasteiger partial charge in [0.25, 0.3) is 5.56 Å². The molecule has 0 bridgehead atoms. The number of rotatable bonds is 9. The topological polar surface area (TPSA) is 91.6 Å². The molecule has 0 atom stereocenters. The highest BCUT2D eigenvalue weighted by Crippen LogP contribution is 2.27. The van der Waals surface area contributed by atoms with Crippen LogP contribution in [0.5, 0.6) is 11.5 Å². The number of para-hydroxylation sites is 1. The Morgan fingerprint density at radius 1 is 0.889 bits per heavy atom. The van der Waals surface area contributed by atoms with Gasteiger partial charge in [0.1, 0.15) is 12.4 Å². The molecule has 1 amide bonds. The Morgan fingerprint density at radius 2 is 1.58 bits per heavy atom. The number of hydrogen-bond donors (Lipinski definition) is 1. The number of nitrogens with zero attached hydrogens (tertiary/aromatic N) is 2. The molecule has 3 aromatic carbocycles. The number of aromatic nitrogens is 2. The quantitative estimate of drug-likeness (QED) is 0.389. The number of amides is 1. The van der Waals surface area contributed by atoms with E-state index in [1.165, 1.54) is 28.8 Å². The lowest BCUT2D eigenvalue weighted by Crippen LogP contribution is -2.43. The summed E-state index contributed by atoms with van der Waals surface area (Å²) in [7, 11) is 3.12. The van der Waals surface area contributed by atoms with Crippen molar-refractivity contribution in [2.75, 3.05) is 20.8 Å². The lowest BCUT2D eigenvalue weighted by molar-refractivity contribution is -0.121. The second-order valence-electron chi connectivity index (χ2n) is 8.19. The first-order valence-corrected chi connectivity index (χ1v) is 11.4. The van der Waals surface area contributed by atoms with E-state index in [0.717, 1.165) is 10.1 Å². The minimum absolute atomic E-state index is 0.0380. The standard InChI is InChI=1S/C27H26FN3O5/c1-35-23-12-9-18(15-24(23)36-2)13-14-29-25(32)17-30-22-6-4-3-5-21(22)26(33)31(27(30)34)16-19-7-10-20(28)11-8-19/h3-12,15H,13-14,16-17H2,1-2H3,(H,29,32). The molecule has 1 aromatic heterocycles. The van der Waals surface area contributed by atoms with Crippen molar-refractivity contribution in [3.05, 3.63) is 105 Å². The SMILES string of the molecule is COc1ccc(CCNC(=O)Cn2c(=O)n(Cc3ccc(F)cc3)c(=O)c3ccccc32)cc1OC. The van der Waals surface area contributed by atoms with Crippen molar-refractivity contribution >= 4 is 16.8 Å². The highest BCUT2D eigenvalue weighted by molar-refractivity contribution is 5.81. The minimum Gasteiger partial charge on any atom is -0.493 e. The first-order valence-electron chi connectivity index (χ1n) is 11.4. The molecule has 8 nitrogen and oxygen atoms in total. The van der Waals surface area contributed by atoms with Gasteiger partial charge in [0.05, 0.1) is 31.7 Å². The molecule has 9 heteroatoms. The molecule has 0 unspecified atom stereocenters. The van der Waals surface area contributed by atoms with Crippen molar-refractivity contribution in [3.63, 3.8) is 0 Å². The zero-order valence-electron chi connectivity index (χ0n) is 20.0. The maximum Gasteiger partial charge on any atom is 0.332 e. The highest BCUT2D eigenvalue weighted by atomic mass is 19.1. The average Bonchev–Trinajstić information content (AvgIpc) is 2.90. The molecule has 0 saturated carbocycles. The number of halogens is 1. The normalized spacial score (nSPS) is 10.9. The molecule has 0 radical (unpaired) electrons. The molecule has 0 aliphatic carbocycles. The van der Waals surface area contributed by atoms with Gasteiger partial charge in [-0.15, -0.1) is 0 Å². The summed E-state index contributed by atoms with van der Waals surface area (Å²) in [6.45, 7) is 0.0505. The third-order valence-corrected chi connectivity index (χ3v) is 5.87. The fourth-order valence-corrected chi connectivity index (χ4v) is 4.02. The second kappa shape index (κ2) is 10.9. The zero-order chi connectivity index (χ0) is 25.7. The number of benzene rings is 3. The summed E-state index contributed by atoms with van der Waals surface area (Å²) in [5.41, 5.74) is 0.834. The molecule has 1 heterocycles. The van der Waals surface area contributed by atoms with Crippen LogP contribution in [-0.2, 0) is 24.3 Å². The van der Waals surface area contributed by atoms with Crippen LogP contribution in [0.4, 0.5) is 4.39 Å². The van der Waals surface area contributed by atoms with E-state index in [9.17, 15) is 18.8 Å². The number of hydrogen-bond acceptors (Lipinski definition) is 5. The number of ether oxygens (including phenoxy) is 2. The minimum atomic E-state index is -0.613. The summed E-state index contributed by atoms with van der Waals surface area (Å²) in [5, 5.41) is 3.14. The van der Waals surface area contributed by atoms with E-state index in [2.05, 4.69) is 5.32 Å². The van der Waals surface area contributed by atoms with E-state index in [-0.39, 0.29) is 19.0 Å². The van der Waals surface area contributed by atoms with Gasteiger partial charge in [0, 0.05) is 6.54 Å². The van der Waals surface area contributed by atoms with Crippen LogP contribution in [0.15, 0.2) is 76.3 Å². The largest absolute Gasteiger partial charge is 0.493 e. The maximum atomic E-state index is 13.3. The Kier molecular flexibility index (Phi) is 7.48. The first kappa shape index (κ1) is 24.7. The molecule has 186 valence electrons. The van der Waals surface area contributed by atoms with Crippen LogP contribution in [-0.4, -0.2) is 35.8 Å². The number of methoxy groups -OCH3 is 2. The Bertz CT molecular complexity index is 1510. The molecule has 4 aromatic rings. The van der Waals surface area contributed by atoms with Gasteiger partial charge in [-0.3, -0.25) is 18.7 Å². The molecule has 36 heavy (non-hydrogen) atoms. The van der Waals surface area contributed by atoms with Crippen LogP contribution in [0.25, 0.3) is 10.9 Å². The number of carbonyl (C=O) groups is 1. The van der Waals surface area contributed by atoms with Crippen molar-refractivity contribution in [3.8, 4) is 11.5 Å². The summed E-state index contributed by atoms with van der Waals surface area (Å²) >= 11 is 0. The fraction of sp³-hybridized carbons (Fsp3) is 0.222. The number of nitrogens with one attached hydrogen (secondary N) is 1. The van der Waals surface area contributed by atoms with Gasteiger partial charge in [-0.1, -0.05) is 30.3 Å². The Hall–Kier alpha value is -4.40. The van der Waals surface area contributed by atoms with E-state index in [4.69, 9.17) is 9.47 Å². The second-order valence-corrected chi connectivity index (χ2v) is 8.19. The molecular weight excluding hydrogens is 465 g/mol. The number of fused-ring (bicyclic) bond motifs is 1. The Morgan fingerprint density at radius 3 is 2.31 bits per heavy atom. The van der Waals surface area contributed by atoms with Crippen LogP contribution in [0, 0.1) is 5.82 Å². The third kappa shape index (κ3) is 5.30. The molecule has 0 aliphatic heterocycles. The lowest BCUT2D eigenvalue weighted by Gasteiger charge is -2.14. The summed E-state index contributed by atoms with van der Waals surface area (Å²) in [6, 6.07) is 17.8. The smallest absolute Gasteiger partial charge is 0.332 e. The van der Waals surface area contributed by atoms with Crippen LogP contribution in [0.3, 0.4) is 0 Å². The van der Waals surface area contributed by atoms with Crippen molar-refractivity contribution in [2.45, 2.75) is 19.5 Å². The van der Waals surface area contributed by atoms with E-state index < -0.39 is 17.1 Å². The zero-order valence-corrected chi connectivity index (χ0v) is 20.0. The Labute approximate surface area is 206 Å². The fourth-order valence-electron chi connectivity index (χ4n) is 4.02. The van der Waals surface area contributed by atoms with Gasteiger partial charge in [0.2, 0.25) is 5.91 Å². The van der Waals surface area contributed by atoms with Crippen molar-refractivity contribution in [2.24, 2.45) is 0 Å². The highest BCUT2D eigenvalue weighted by Gasteiger charge is 2.16. The molecule has 0 spiro atoms. The third-order valence-electron chi connectivity index (χ3n) is 5.87.